The number of hydrogen-bond acceptors (Lipinski definition) is 3. The van der Waals surface area contributed by atoms with Crippen molar-refractivity contribution >= 4 is 17.3 Å². The molecule has 0 bridgehead atoms. The lowest BCUT2D eigenvalue weighted by molar-refractivity contribution is 0.101. The van der Waals surface area contributed by atoms with E-state index in [4.69, 9.17) is 5.73 Å². The largest absolute Gasteiger partial charge is 0.395 e. The fourth-order valence-electron chi connectivity index (χ4n) is 2.37. The number of anilines is 2. The van der Waals surface area contributed by atoms with Crippen LogP contribution in [-0.4, -0.2) is 15.7 Å². The van der Waals surface area contributed by atoms with Crippen LogP contribution in [-0.2, 0) is 12.5 Å². The Morgan fingerprint density at radius 2 is 1.90 bits per heavy atom. The van der Waals surface area contributed by atoms with E-state index in [-0.39, 0.29) is 11.3 Å². The van der Waals surface area contributed by atoms with E-state index in [9.17, 15) is 4.79 Å². The molecule has 5 nitrogen and oxygen atoms in total. The molecule has 0 radical (unpaired) electrons. The number of hydrogen-bond donors (Lipinski definition) is 2. The Balaban J connectivity index is 2.37. The number of benzene rings is 1. The van der Waals surface area contributed by atoms with Crippen LogP contribution in [0.2, 0.25) is 0 Å². The first kappa shape index (κ1) is 15.1. The summed E-state index contributed by atoms with van der Waals surface area (Å²) in [5.74, 6) is -0.243. The van der Waals surface area contributed by atoms with Gasteiger partial charge in [-0.15, -0.1) is 0 Å². The Hall–Kier alpha value is -2.30. The van der Waals surface area contributed by atoms with Gasteiger partial charge in [-0.25, -0.2) is 0 Å². The van der Waals surface area contributed by atoms with E-state index >= 15 is 0 Å². The second kappa shape index (κ2) is 5.24. The molecular weight excluding hydrogens is 264 g/mol. The summed E-state index contributed by atoms with van der Waals surface area (Å²) in [5, 5.41) is 7.12. The van der Waals surface area contributed by atoms with Crippen molar-refractivity contribution in [2.45, 2.75) is 33.1 Å². The summed E-state index contributed by atoms with van der Waals surface area (Å²) in [6.45, 7) is 8.12. The van der Waals surface area contributed by atoms with Gasteiger partial charge in [0.2, 0.25) is 0 Å². The number of nitrogens with two attached hydrogens (primary N) is 1. The minimum Gasteiger partial charge on any atom is -0.395 e. The highest BCUT2D eigenvalue weighted by atomic mass is 16.2. The van der Waals surface area contributed by atoms with Gasteiger partial charge < -0.3 is 11.1 Å². The van der Waals surface area contributed by atoms with E-state index < -0.39 is 0 Å². The van der Waals surface area contributed by atoms with E-state index in [1.807, 2.05) is 24.3 Å². The lowest BCUT2D eigenvalue weighted by Gasteiger charge is -2.23. The van der Waals surface area contributed by atoms with Crippen LogP contribution >= 0.6 is 0 Å². The van der Waals surface area contributed by atoms with Gasteiger partial charge in [0.1, 0.15) is 5.69 Å². The quantitative estimate of drug-likeness (QED) is 0.891. The zero-order valence-electron chi connectivity index (χ0n) is 13.2. The third kappa shape index (κ3) is 2.91. The smallest absolute Gasteiger partial charge is 0.276 e. The fraction of sp³-hybridized carbons (Fsp3) is 0.375. The molecule has 3 N–H and O–H groups in total. The van der Waals surface area contributed by atoms with Crippen LogP contribution in [0.4, 0.5) is 11.4 Å². The lowest BCUT2D eigenvalue weighted by Crippen LogP contribution is -2.21. The van der Waals surface area contributed by atoms with Gasteiger partial charge in [-0.1, -0.05) is 39.0 Å². The van der Waals surface area contributed by atoms with E-state index in [2.05, 4.69) is 31.2 Å². The summed E-state index contributed by atoms with van der Waals surface area (Å²) < 4.78 is 1.51. The first-order valence-electron chi connectivity index (χ1n) is 6.91. The van der Waals surface area contributed by atoms with Crippen LogP contribution in [0.25, 0.3) is 0 Å². The Kier molecular flexibility index (Phi) is 3.77. The molecule has 0 aliphatic rings. The molecule has 0 saturated carbocycles. The van der Waals surface area contributed by atoms with Crippen molar-refractivity contribution in [2.75, 3.05) is 11.1 Å². The van der Waals surface area contributed by atoms with Crippen LogP contribution in [0.1, 0.15) is 42.5 Å². The summed E-state index contributed by atoms with van der Waals surface area (Å²) >= 11 is 0. The third-order valence-corrected chi connectivity index (χ3v) is 3.47. The molecule has 0 atom stereocenters. The maximum Gasteiger partial charge on any atom is 0.276 e. The average Bonchev–Trinajstić information content (AvgIpc) is 2.62. The van der Waals surface area contributed by atoms with Gasteiger partial charge in [-0.3, -0.25) is 9.48 Å². The van der Waals surface area contributed by atoms with E-state index in [1.165, 1.54) is 4.68 Å². The number of aryl methyl sites for hydroxylation is 2. The maximum absolute atomic E-state index is 12.5. The molecule has 112 valence electrons. The second-order valence-corrected chi connectivity index (χ2v) is 6.22. The number of rotatable bonds is 2. The SMILES string of the molecule is Cc1nn(C)c(C(=O)Nc2ccccc2C(C)(C)C)c1N. The van der Waals surface area contributed by atoms with Crippen molar-refractivity contribution in [2.24, 2.45) is 7.05 Å². The normalized spacial score (nSPS) is 11.5. The first-order valence-corrected chi connectivity index (χ1v) is 6.91. The van der Waals surface area contributed by atoms with Crippen LogP contribution < -0.4 is 11.1 Å². The second-order valence-electron chi connectivity index (χ2n) is 6.22. The predicted octanol–water partition coefficient (Wildman–Crippen LogP) is 2.86. The fourth-order valence-corrected chi connectivity index (χ4v) is 2.37. The van der Waals surface area contributed by atoms with Crippen molar-refractivity contribution in [3.8, 4) is 0 Å². The van der Waals surface area contributed by atoms with Gasteiger partial charge in [-0.05, 0) is 24.0 Å². The molecule has 1 heterocycles. The number of amides is 1. The molecule has 21 heavy (non-hydrogen) atoms. The number of nitrogen functional groups attached to an aromatic ring is 1. The van der Waals surface area contributed by atoms with Gasteiger partial charge in [-0.2, -0.15) is 5.10 Å². The van der Waals surface area contributed by atoms with Crippen LogP contribution in [0.3, 0.4) is 0 Å². The molecular formula is C16H22N4O. The lowest BCUT2D eigenvalue weighted by atomic mass is 9.86. The summed E-state index contributed by atoms with van der Waals surface area (Å²) in [5.41, 5.74) is 9.22. The molecule has 1 aromatic carbocycles. The number of nitrogens with one attached hydrogen (secondary N) is 1. The highest BCUT2D eigenvalue weighted by Crippen LogP contribution is 2.29. The Bertz CT molecular complexity index is 680. The van der Waals surface area contributed by atoms with Gasteiger partial charge in [0.25, 0.3) is 5.91 Å². The number of para-hydroxylation sites is 1. The highest BCUT2D eigenvalue weighted by molar-refractivity contribution is 6.07. The summed E-state index contributed by atoms with van der Waals surface area (Å²) in [6.07, 6.45) is 0. The monoisotopic (exact) mass is 286 g/mol. The van der Waals surface area contributed by atoms with Crippen molar-refractivity contribution in [3.05, 3.63) is 41.2 Å². The summed E-state index contributed by atoms with van der Waals surface area (Å²) in [7, 11) is 1.72. The van der Waals surface area contributed by atoms with E-state index in [0.717, 1.165) is 11.3 Å². The highest BCUT2D eigenvalue weighted by Gasteiger charge is 2.22. The minimum atomic E-state index is -0.243. The molecule has 5 heteroatoms. The van der Waals surface area contributed by atoms with Crippen LogP contribution in [0.5, 0.6) is 0 Å². The zero-order valence-corrected chi connectivity index (χ0v) is 13.2. The molecule has 0 fully saturated rings. The molecule has 0 aliphatic carbocycles. The molecule has 2 aromatic rings. The van der Waals surface area contributed by atoms with Crippen LogP contribution in [0.15, 0.2) is 24.3 Å². The molecule has 0 saturated heterocycles. The summed E-state index contributed by atoms with van der Waals surface area (Å²) in [6, 6.07) is 7.80. The zero-order chi connectivity index (χ0) is 15.8. The predicted molar refractivity (Wildman–Crippen MR) is 85.5 cm³/mol. The number of aromatic nitrogens is 2. The molecule has 0 spiro atoms. The molecule has 0 aliphatic heterocycles. The first-order chi connectivity index (χ1) is 9.71. The van der Waals surface area contributed by atoms with Crippen molar-refractivity contribution in [3.63, 3.8) is 0 Å². The van der Waals surface area contributed by atoms with Gasteiger partial charge in [0, 0.05) is 12.7 Å². The number of carbonyl (C=O) groups excluding carboxylic acids is 1. The maximum atomic E-state index is 12.5. The molecule has 1 aromatic heterocycles. The van der Waals surface area contributed by atoms with Gasteiger partial charge in [0.15, 0.2) is 0 Å². The average molecular weight is 286 g/mol. The Morgan fingerprint density at radius 1 is 1.29 bits per heavy atom. The molecule has 0 unspecified atom stereocenters. The van der Waals surface area contributed by atoms with Gasteiger partial charge in [0.05, 0.1) is 11.4 Å². The van der Waals surface area contributed by atoms with Gasteiger partial charge >= 0.3 is 0 Å². The van der Waals surface area contributed by atoms with Crippen molar-refractivity contribution in [1.82, 2.24) is 9.78 Å². The van der Waals surface area contributed by atoms with Crippen LogP contribution in [0, 0.1) is 6.92 Å². The summed E-state index contributed by atoms with van der Waals surface area (Å²) in [4.78, 5) is 12.5. The topological polar surface area (TPSA) is 72.9 Å². The van der Waals surface area contributed by atoms with E-state index in [1.54, 1.807) is 14.0 Å². The minimum absolute atomic E-state index is 0.0577. The number of nitrogens with zero attached hydrogens (tertiary/aromatic N) is 2. The number of carbonyl (C=O) groups is 1. The van der Waals surface area contributed by atoms with E-state index in [0.29, 0.717) is 17.1 Å². The van der Waals surface area contributed by atoms with Crippen molar-refractivity contribution < 1.29 is 4.79 Å². The molecule has 1 amide bonds. The third-order valence-electron chi connectivity index (χ3n) is 3.47. The Labute approximate surface area is 125 Å². The Morgan fingerprint density at radius 3 is 2.43 bits per heavy atom. The van der Waals surface area contributed by atoms with Crippen molar-refractivity contribution in [1.29, 1.82) is 0 Å². The standard InChI is InChI=1S/C16H22N4O/c1-10-13(17)14(20(5)19-10)15(21)18-12-9-7-6-8-11(12)16(2,3)4/h6-9H,17H2,1-5H3,(H,18,21). The molecule has 2 rings (SSSR count).